The van der Waals surface area contributed by atoms with E-state index in [1.807, 2.05) is 11.3 Å². The summed E-state index contributed by atoms with van der Waals surface area (Å²) in [5.74, 6) is 3.24. The van der Waals surface area contributed by atoms with E-state index in [0.717, 1.165) is 37.4 Å². The van der Waals surface area contributed by atoms with E-state index in [9.17, 15) is 4.79 Å². The monoisotopic (exact) mass is 385 g/mol. The number of thiazole rings is 1. The van der Waals surface area contributed by atoms with Crippen LogP contribution in [0.25, 0.3) is 0 Å². The Balaban J connectivity index is 1.21. The Morgan fingerprint density at radius 1 is 1.19 bits per heavy atom. The van der Waals surface area contributed by atoms with Gasteiger partial charge < -0.3 is 4.90 Å². The lowest BCUT2D eigenvalue weighted by Gasteiger charge is -2.56. The summed E-state index contributed by atoms with van der Waals surface area (Å²) >= 11 is 1.91. The largest absolute Gasteiger partial charge is 0.337 e. The molecule has 0 unspecified atom stereocenters. The van der Waals surface area contributed by atoms with Crippen molar-refractivity contribution in [2.45, 2.75) is 82.3 Å². The lowest BCUT2D eigenvalue weighted by molar-refractivity contribution is -0.143. The fourth-order valence-electron chi connectivity index (χ4n) is 7.55. The van der Waals surface area contributed by atoms with Crippen molar-refractivity contribution in [2.24, 2.45) is 17.8 Å². The molecule has 5 heteroatoms. The number of rotatable bonds is 3. The summed E-state index contributed by atoms with van der Waals surface area (Å²) in [5, 5.41) is 3.72. The molecule has 4 saturated carbocycles. The molecule has 1 aromatic rings. The van der Waals surface area contributed by atoms with Gasteiger partial charge in [0.2, 0.25) is 5.91 Å². The quantitative estimate of drug-likeness (QED) is 0.794. The molecule has 2 aliphatic heterocycles. The van der Waals surface area contributed by atoms with Crippen molar-refractivity contribution in [1.29, 1.82) is 0 Å². The van der Waals surface area contributed by atoms with Gasteiger partial charge in [0.25, 0.3) is 0 Å². The fraction of sp³-hybridized carbons (Fsp3) is 0.818. The van der Waals surface area contributed by atoms with Crippen molar-refractivity contribution < 1.29 is 4.79 Å². The number of amides is 1. The van der Waals surface area contributed by atoms with Crippen LogP contribution >= 0.6 is 11.3 Å². The molecule has 1 aromatic heterocycles. The first-order chi connectivity index (χ1) is 13.1. The second kappa shape index (κ2) is 6.03. The minimum absolute atomic E-state index is 0.00375. The minimum Gasteiger partial charge on any atom is -0.337 e. The maximum atomic E-state index is 12.7. The van der Waals surface area contributed by atoms with Gasteiger partial charge in [0.1, 0.15) is 0 Å². The Labute approximate surface area is 166 Å². The number of fused-ring (bicyclic) bond motifs is 1. The van der Waals surface area contributed by atoms with Gasteiger partial charge in [-0.3, -0.25) is 9.69 Å². The standard InChI is InChI=1S/C22H31N3OS/c1-14-20(26)25-4-2-3-19(25)12-24(14)11-18-13-27-21(23-18)22-8-15-5-16(9-22)7-17(6-15)10-22/h13-17,19H,2-12H2,1H3/t14-,15?,16?,17?,19-,22?/m1/s1. The molecule has 0 aromatic carbocycles. The van der Waals surface area contributed by atoms with E-state index < -0.39 is 0 Å². The summed E-state index contributed by atoms with van der Waals surface area (Å²) < 4.78 is 0. The Morgan fingerprint density at radius 3 is 2.59 bits per heavy atom. The van der Waals surface area contributed by atoms with Crippen LogP contribution in [0.5, 0.6) is 0 Å². The van der Waals surface area contributed by atoms with Crippen molar-refractivity contribution >= 4 is 17.2 Å². The fourth-order valence-corrected chi connectivity index (χ4v) is 8.59. The smallest absolute Gasteiger partial charge is 0.239 e. The summed E-state index contributed by atoms with van der Waals surface area (Å²) in [6.45, 7) is 4.93. The molecule has 7 rings (SSSR count). The highest BCUT2D eigenvalue weighted by molar-refractivity contribution is 7.09. The van der Waals surface area contributed by atoms with Gasteiger partial charge in [0.15, 0.2) is 0 Å². The number of piperazine rings is 1. The van der Waals surface area contributed by atoms with Crippen molar-refractivity contribution in [3.8, 4) is 0 Å². The molecule has 6 fully saturated rings. The average molecular weight is 386 g/mol. The van der Waals surface area contributed by atoms with Crippen LogP contribution in [-0.2, 0) is 16.8 Å². The molecular weight excluding hydrogens is 354 g/mol. The lowest BCUT2D eigenvalue weighted by Crippen LogP contribution is -2.58. The molecule has 2 atom stereocenters. The first-order valence-corrected chi connectivity index (χ1v) is 12.0. The van der Waals surface area contributed by atoms with E-state index in [-0.39, 0.29) is 6.04 Å². The Hall–Kier alpha value is -0.940. The van der Waals surface area contributed by atoms with Crippen LogP contribution in [0.15, 0.2) is 5.38 Å². The number of hydrogen-bond donors (Lipinski definition) is 0. The van der Waals surface area contributed by atoms with Crippen LogP contribution in [0.2, 0.25) is 0 Å². The van der Waals surface area contributed by atoms with Gasteiger partial charge in [-0.15, -0.1) is 11.3 Å². The SMILES string of the molecule is C[C@@H]1C(=O)N2CCC[C@@H]2CN1Cc1csc(C23CC4CC(CC(C4)C2)C3)n1. The number of carbonyl (C=O) groups is 1. The molecule has 4 bridgehead atoms. The highest BCUT2D eigenvalue weighted by Crippen LogP contribution is 2.61. The van der Waals surface area contributed by atoms with Crippen molar-refractivity contribution in [3.05, 3.63) is 16.1 Å². The van der Waals surface area contributed by atoms with Gasteiger partial charge in [-0.2, -0.15) is 0 Å². The number of nitrogens with zero attached hydrogens (tertiary/aromatic N) is 3. The van der Waals surface area contributed by atoms with Crippen molar-refractivity contribution in [3.63, 3.8) is 0 Å². The van der Waals surface area contributed by atoms with Gasteiger partial charge in [-0.05, 0) is 76.0 Å². The molecule has 0 radical (unpaired) electrons. The van der Waals surface area contributed by atoms with Crippen LogP contribution in [0.4, 0.5) is 0 Å². The minimum atomic E-state index is 0.00375. The van der Waals surface area contributed by atoms with Crippen molar-refractivity contribution in [1.82, 2.24) is 14.8 Å². The normalized spacial score (nSPS) is 43.5. The molecule has 0 spiro atoms. The number of carbonyl (C=O) groups excluding carboxylic acids is 1. The Morgan fingerprint density at radius 2 is 1.89 bits per heavy atom. The molecule has 4 aliphatic carbocycles. The third-order valence-electron chi connectivity index (χ3n) is 8.42. The van der Waals surface area contributed by atoms with Gasteiger partial charge in [-0.25, -0.2) is 4.98 Å². The van der Waals surface area contributed by atoms with Crippen LogP contribution in [0.1, 0.15) is 69.0 Å². The predicted molar refractivity (Wildman–Crippen MR) is 107 cm³/mol. The molecule has 1 amide bonds. The third kappa shape index (κ3) is 2.64. The molecule has 6 aliphatic rings. The van der Waals surface area contributed by atoms with Gasteiger partial charge >= 0.3 is 0 Å². The van der Waals surface area contributed by atoms with Gasteiger partial charge in [0, 0.05) is 36.5 Å². The Kier molecular flexibility index (Phi) is 3.79. The van der Waals surface area contributed by atoms with E-state index in [1.54, 1.807) is 0 Å². The topological polar surface area (TPSA) is 36.4 Å². The second-order valence-electron chi connectivity index (χ2n) is 10.3. The molecule has 0 N–H and O–H groups in total. The van der Waals surface area contributed by atoms with Gasteiger partial charge in [0.05, 0.1) is 16.7 Å². The van der Waals surface area contributed by atoms with Crippen LogP contribution in [-0.4, -0.2) is 45.9 Å². The highest BCUT2D eigenvalue weighted by atomic mass is 32.1. The average Bonchev–Trinajstić information content (AvgIpc) is 3.28. The molecule has 27 heavy (non-hydrogen) atoms. The van der Waals surface area contributed by atoms with Crippen LogP contribution < -0.4 is 0 Å². The zero-order chi connectivity index (χ0) is 18.2. The summed E-state index contributed by atoms with van der Waals surface area (Å²) in [6, 6.07) is 0.444. The summed E-state index contributed by atoms with van der Waals surface area (Å²) in [4.78, 5) is 22.4. The maximum Gasteiger partial charge on any atom is 0.239 e. The summed E-state index contributed by atoms with van der Waals surface area (Å²) in [5.41, 5.74) is 1.61. The molecule has 2 saturated heterocycles. The first-order valence-electron chi connectivity index (χ1n) is 11.1. The van der Waals surface area contributed by atoms with E-state index in [2.05, 4.69) is 22.1 Å². The first kappa shape index (κ1) is 17.0. The van der Waals surface area contributed by atoms with E-state index in [0.29, 0.717) is 17.4 Å². The van der Waals surface area contributed by atoms with E-state index in [4.69, 9.17) is 4.98 Å². The molecule has 3 heterocycles. The molecule has 146 valence electrons. The van der Waals surface area contributed by atoms with E-state index in [1.165, 1.54) is 62.1 Å². The van der Waals surface area contributed by atoms with Crippen molar-refractivity contribution in [2.75, 3.05) is 13.1 Å². The zero-order valence-corrected chi connectivity index (χ0v) is 17.2. The molecule has 4 nitrogen and oxygen atoms in total. The highest BCUT2D eigenvalue weighted by Gasteiger charge is 2.53. The predicted octanol–water partition coefficient (Wildman–Crippen LogP) is 3.81. The van der Waals surface area contributed by atoms with Gasteiger partial charge in [-0.1, -0.05) is 0 Å². The lowest BCUT2D eigenvalue weighted by atomic mass is 9.50. The van der Waals surface area contributed by atoms with Crippen LogP contribution in [0.3, 0.4) is 0 Å². The van der Waals surface area contributed by atoms with E-state index >= 15 is 0 Å². The summed E-state index contributed by atoms with van der Waals surface area (Å²) in [7, 11) is 0. The van der Waals surface area contributed by atoms with Crippen LogP contribution in [0, 0.1) is 17.8 Å². The zero-order valence-electron chi connectivity index (χ0n) is 16.4. The molecular formula is C22H31N3OS. The number of aromatic nitrogens is 1. The Bertz CT molecular complexity index is 723. The summed E-state index contributed by atoms with van der Waals surface area (Å²) in [6.07, 6.45) is 11.0. The maximum absolute atomic E-state index is 12.7. The third-order valence-corrected chi connectivity index (χ3v) is 9.56. The second-order valence-corrected chi connectivity index (χ2v) is 11.1. The number of hydrogen-bond acceptors (Lipinski definition) is 4.